The van der Waals surface area contributed by atoms with Gasteiger partial charge in [-0.15, -0.1) is 0 Å². The standard InChI is InChI=1S/C13H17ClN4O/c1-8(2)18-7-10(14)6-11(18)13(19)17-9(3)12-15-4-5-16-12/h4-9H,1-3H3,(H,15,16)(H,17,19). The van der Waals surface area contributed by atoms with Crippen molar-refractivity contribution in [3.05, 3.63) is 41.2 Å². The molecule has 2 rings (SSSR count). The number of hydrogen-bond donors (Lipinski definition) is 2. The van der Waals surface area contributed by atoms with E-state index < -0.39 is 0 Å². The van der Waals surface area contributed by atoms with Gasteiger partial charge in [-0.3, -0.25) is 4.79 Å². The highest BCUT2D eigenvalue weighted by atomic mass is 35.5. The molecule has 0 aliphatic rings. The Labute approximate surface area is 117 Å². The lowest BCUT2D eigenvalue weighted by Gasteiger charge is -2.15. The number of halogens is 1. The number of nitrogens with one attached hydrogen (secondary N) is 2. The number of carbonyl (C=O) groups excluding carboxylic acids is 1. The first kappa shape index (κ1) is 13.7. The molecule has 0 fully saturated rings. The summed E-state index contributed by atoms with van der Waals surface area (Å²) in [6.07, 6.45) is 5.15. The Morgan fingerprint density at radius 2 is 2.21 bits per heavy atom. The predicted octanol–water partition coefficient (Wildman–Crippen LogP) is 2.94. The summed E-state index contributed by atoms with van der Waals surface area (Å²) in [7, 11) is 0. The summed E-state index contributed by atoms with van der Waals surface area (Å²) in [4.78, 5) is 19.4. The van der Waals surface area contributed by atoms with Crippen LogP contribution in [0.25, 0.3) is 0 Å². The summed E-state index contributed by atoms with van der Waals surface area (Å²) in [5.41, 5.74) is 0.554. The van der Waals surface area contributed by atoms with E-state index in [-0.39, 0.29) is 18.0 Å². The van der Waals surface area contributed by atoms with E-state index in [2.05, 4.69) is 15.3 Å². The van der Waals surface area contributed by atoms with Crippen LogP contribution in [0.4, 0.5) is 0 Å². The van der Waals surface area contributed by atoms with Crippen molar-refractivity contribution in [1.29, 1.82) is 0 Å². The number of amides is 1. The van der Waals surface area contributed by atoms with E-state index >= 15 is 0 Å². The minimum atomic E-state index is -0.184. The normalized spacial score (nSPS) is 12.7. The van der Waals surface area contributed by atoms with E-state index in [0.717, 1.165) is 5.82 Å². The van der Waals surface area contributed by atoms with Gasteiger partial charge in [-0.25, -0.2) is 4.98 Å². The van der Waals surface area contributed by atoms with Gasteiger partial charge in [0.15, 0.2) is 0 Å². The predicted molar refractivity (Wildman–Crippen MR) is 74.3 cm³/mol. The Hall–Kier alpha value is -1.75. The largest absolute Gasteiger partial charge is 0.347 e. The summed E-state index contributed by atoms with van der Waals surface area (Å²) < 4.78 is 1.85. The van der Waals surface area contributed by atoms with Crippen molar-refractivity contribution in [3.63, 3.8) is 0 Å². The highest BCUT2D eigenvalue weighted by Gasteiger charge is 2.18. The second kappa shape index (κ2) is 5.48. The van der Waals surface area contributed by atoms with Crippen molar-refractivity contribution in [1.82, 2.24) is 19.9 Å². The molecule has 2 heterocycles. The van der Waals surface area contributed by atoms with E-state index in [1.54, 1.807) is 24.7 Å². The fourth-order valence-corrected chi connectivity index (χ4v) is 2.12. The number of rotatable bonds is 4. The van der Waals surface area contributed by atoms with E-state index in [9.17, 15) is 4.79 Å². The Balaban J connectivity index is 2.16. The molecule has 2 N–H and O–H groups in total. The molecule has 0 bridgehead atoms. The molecule has 0 aliphatic carbocycles. The number of imidazole rings is 1. The smallest absolute Gasteiger partial charge is 0.268 e. The Bertz CT molecular complexity index is 559. The lowest BCUT2D eigenvalue weighted by molar-refractivity contribution is 0.0927. The summed E-state index contributed by atoms with van der Waals surface area (Å²) in [5, 5.41) is 3.45. The monoisotopic (exact) mass is 280 g/mol. The molecule has 1 unspecified atom stereocenters. The van der Waals surface area contributed by atoms with Crippen LogP contribution in [0, 0.1) is 0 Å². The molecular weight excluding hydrogens is 264 g/mol. The van der Waals surface area contributed by atoms with Crippen molar-refractivity contribution in [3.8, 4) is 0 Å². The van der Waals surface area contributed by atoms with Gasteiger partial charge in [0.1, 0.15) is 11.5 Å². The third-order valence-electron chi connectivity index (χ3n) is 2.88. The summed E-state index contributed by atoms with van der Waals surface area (Å²) >= 11 is 5.97. The van der Waals surface area contributed by atoms with E-state index in [1.165, 1.54) is 0 Å². The second-order valence-corrected chi connectivity index (χ2v) is 5.15. The van der Waals surface area contributed by atoms with Crippen LogP contribution in [0.2, 0.25) is 5.02 Å². The fourth-order valence-electron chi connectivity index (χ4n) is 1.91. The van der Waals surface area contributed by atoms with Gasteiger partial charge in [-0.2, -0.15) is 0 Å². The zero-order valence-electron chi connectivity index (χ0n) is 11.1. The summed E-state index contributed by atoms with van der Waals surface area (Å²) in [5.74, 6) is 0.562. The van der Waals surface area contributed by atoms with Gasteiger partial charge in [0, 0.05) is 24.6 Å². The van der Waals surface area contributed by atoms with E-state index in [0.29, 0.717) is 10.7 Å². The highest BCUT2D eigenvalue weighted by molar-refractivity contribution is 6.31. The van der Waals surface area contributed by atoms with Gasteiger partial charge in [0.05, 0.1) is 11.1 Å². The molecule has 5 nitrogen and oxygen atoms in total. The molecule has 0 radical (unpaired) electrons. The third-order valence-corrected chi connectivity index (χ3v) is 3.09. The molecule has 0 aromatic carbocycles. The first-order valence-corrected chi connectivity index (χ1v) is 6.54. The number of carbonyl (C=O) groups is 1. The van der Waals surface area contributed by atoms with Crippen LogP contribution in [0.1, 0.15) is 49.2 Å². The molecule has 0 aliphatic heterocycles. The van der Waals surface area contributed by atoms with Crippen molar-refractivity contribution >= 4 is 17.5 Å². The molecule has 0 saturated heterocycles. The molecular formula is C13H17ClN4O. The first-order chi connectivity index (χ1) is 8.99. The van der Waals surface area contributed by atoms with Gasteiger partial charge >= 0.3 is 0 Å². The van der Waals surface area contributed by atoms with Crippen LogP contribution < -0.4 is 5.32 Å². The van der Waals surface area contributed by atoms with Crippen LogP contribution in [-0.4, -0.2) is 20.4 Å². The minimum absolute atomic E-state index is 0.162. The number of nitrogens with zero attached hydrogens (tertiary/aromatic N) is 2. The van der Waals surface area contributed by atoms with Gasteiger partial charge in [0.25, 0.3) is 5.91 Å². The number of aromatic amines is 1. The maximum atomic E-state index is 12.3. The molecule has 2 aromatic heterocycles. The average Bonchev–Trinajstić information content (AvgIpc) is 2.96. The van der Waals surface area contributed by atoms with Crippen LogP contribution in [-0.2, 0) is 0 Å². The van der Waals surface area contributed by atoms with Gasteiger partial charge < -0.3 is 14.9 Å². The Morgan fingerprint density at radius 1 is 1.47 bits per heavy atom. The molecule has 0 spiro atoms. The molecule has 0 saturated carbocycles. The van der Waals surface area contributed by atoms with Gasteiger partial charge in [0.2, 0.25) is 0 Å². The van der Waals surface area contributed by atoms with E-state index in [4.69, 9.17) is 11.6 Å². The Morgan fingerprint density at radius 3 is 2.79 bits per heavy atom. The molecule has 102 valence electrons. The third kappa shape index (κ3) is 2.98. The van der Waals surface area contributed by atoms with Crippen molar-refractivity contribution < 1.29 is 4.79 Å². The number of H-pyrrole nitrogens is 1. The number of hydrogen-bond acceptors (Lipinski definition) is 2. The van der Waals surface area contributed by atoms with Crippen molar-refractivity contribution in [2.75, 3.05) is 0 Å². The molecule has 6 heteroatoms. The first-order valence-electron chi connectivity index (χ1n) is 6.16. The lowest BCUT2D eigenvalue weighted by atomic mass is 10.3. The quantitative estimate of drug-likeness (QED) is 0.904. The topological polar surface area (TPSA) is 62.7 Å². The number of aromatic nitrogens is 3. The summed E-state index contributed by atoms with van der Waals surface area (Å²) in [6.45, 7) is 5.88. The van der Waals surface area contributed by atoms with E-state index in [1.807, 2.05) is 25.3 Å². The lowest BCUT2D eigenvalue weighted by Crippen LogP contribution is -2.29. The van der Waals surface area contributed by atoms with Crippen molar-refractivity contribution in [2.45, 2.75) is 32.9 Å². The second-order valence-electron chi connectivity index (χ2n) is 4.71. The van der Waals surface area contributed by atoms with Crippen molar-refractivity contribution in [2.24, 2.45) is 0 Å². The SMILES string of the molecule is CC(NC(=O)c1cc(Cl)cn1C(C)C)c1ncc[nH]1. The highest BCUT2D eigenvalue weighted by Crippen LogP contribution is 2.19. The van der Waals surface area contributed by atoms with Crippen LogP contribution in [0.3, 0.4) is 0 Å². The molecule has 2 aromatic rings. The zero-order valence-corrected chi connectivity index (χ0v) is 11.9. The van der Waals surface area contributed by atoms with Gasteiger partial charge in [-0.05, 0) is 26.8 Å². The van der Waals surface area contributed by atoms with Crippen LogP contribution in [0.5, 0.6) is 0 Å². The minimum Gasteiger partial charge on any atom is -0.347 e. The summed E-state index contributed by atoms with van der Waals surface area (Å²) in [6, 6.07) is 1.66. The maximum absolute atomic E-state index is 12.3. The molecule has 1 amide bonds. The molecule has 19 heavy (non-hydrogen) atoms. The maximum Gasteiger partial charge on any atom is 0.268 e. The van der Waals surface area contributed by atoms with Crippen LogP contribution >= 0.6 is 11.6 Å². The van der Waals surface area contributed by atoms with Gasteiger partial charge in [-0.1, -0.05) is 11.6 Å². The average molecular weight is 281 g/mol. The zero-order chi connectivity index (χ0) is 14.0. The molecule has 1 atom stereocenters. The fraction of sp³-hybridized carbons (Fsp3) is 0.385. The Kier molecular flexibility index (Phi) is 3.95. The van der Waals surface area contributed by atoms with Crippen LogP contribution in [0.15, 0.2) is 24.7 Å².